The molecule has 4 heteroatoms. The molecule has 0 atom stereocenters. The highest BCUT2D eigenvalue weighted by molar-refractivity contribution is 7.33. The number of anilines is 6. The van der Waals surface area contributed by atoms with Gasteiger partial charge in [-0.1, -0.05) is 131 Å². The van der Waals surface area contributed by atoms with Crippen LogP contribution in [-0.4, -0.2) is 6.71 Å². The molecule has 2 aliphatic heterocycles. The van der Waals surface area contributed by atoms with Gasteiger partial charge >= 0.3 is 0 Å². The van der Waals surface area contributed by atoms with E-state index in [0.717, 1.165) is 0 Å². The summed E-state index contributed by atoms with van der Waals surface area (Å²) in [6.07, 6.45) is 13.2. The third-order valence-electron chi connectivity index (χ3n) is 14.6. The van der Waals surface area contributed by atoms with Gasteiger partial charge in [-0.05, 0) is 130 Å². The van der Waals surface area contributed by atoms with E-state index in [2.05, 4.69) is 151 Å². The first-order valence-electron chi connectivity index (χ1n) is 21.8. The van der Waals surface area contributed by atoms with E-state index >= 15 is 0 Å². The van der Waals surface area contributed by atoms with Crippen molar-refractivity contribution < 1.29 is 0 Å². The molecule has 0 amide bonds. The highest BCUT2D eigenvalue weighted by atomic mass is 32.1. The highest BCUT2D eigenvalue weighted by Crippen LogP contribution is 2.57. The quantitative estimate of drug-likeness (QED) is 0.165. The molecule has 0 spiro atoms. The molecule has 5 aliphatic rings. The van der Waals surface area contributed by atoms with Crippen molar-refractivity contribution >= 4 is 78.0 Å². The van der Waals surface area contributed by atoms with Gasteiger partial charge in [-0.25, -0.2) is 0 Å². The lowest BCUT2D eigenvalue weighted by molar-refractivity contribution is 0.443. The molecule has 3 heterocycles. The molecule has 280 valence electrons. The maximum Gasteiger partial charge on any atom is 0.264 e. The Labute approximate surface area is 342 Å². The summed E-state index contributed by atoms with van der Waals surface area (Å²) in [6.45, 7) is 4.99. The smallest absolute Gasteiger partial charge is 0.264 e. The van der Waals surface area contributed by atoms with Crippen LogP contribution in [0.4, 0.5) is 34.1 Å². The third-order valence-corrected chi connectivity index (χ3v) is 15.8. The zero-order valence-corrected chi connectivity index (χ0v) is 34.0. The molecule has 12 rings (SSSR count). The normalized spacial score (nSPS) is 18.2. The molecule has 7 aromatic rings. The predicted octanol–water partition coefficient (Wildman–Crippen LogP) is 13.4. The average Bonchev–Trinajstić information content (AvgIpc) is 3.76. The second-order valence-corrected chi connectivity index (χ2v) is 19.2. The van der Waals surface area contributed by atoms with Crippen molar-refractivity contribution in [1.29, 1.82) is 0 Å². The van der Waals surface area contributed by atoms with Gasteiger partial charge in [0, 0.05) is 48.7 Å². The van der Waals surface area contributed by atoms with Gasteiger partial charge in [-0.2, -0.15) is 0 Å². The van der Waals surface area contributed by atoms with Crippen LogP contribution in [0.1, 0.15) is 112 Å². The summed E-state index contributed by atoms with van der Waals surface area (Å²) < 4.78 is 2.86. The summed E-state index contributed by atoms with van der Waals surface area (Å²) in [5.41, 5.74) is 19.6. The summed E-state index contributed by atoms with van der Waals surface area (Å²) in [7, 11) is 0. The van der Waals surface area contributed by atoms with Crippen molar-refractivity contribution in [3.63, 3.8) is 0 Å². The van der Waals surface area contributed by atoms with Crippen LogP contribution in [-0.2, 0) is 5.41 Å². The van der Waals surface area contributed by atoms with E-state index in [-0.39, 0.29) is 12.1 Å². The van der Waals surface area contributed by atoms with Gasteiger partial charge in [0.1, 0.15) is 0 Å². The second kappa shape index (κ2) is 13.0. The third kappa shape index (κ3) is 5.02. The highest BCUT2D eigenvalue weighted by Gasteiger charge is 2.47. The fourth-order valence-electron chi connectivity index (χ4n) is 11.9. The molecule has 1 aromatic heterocycles. The first-order valence-corrected chi connectivity index (χ1v) is 22.6. The van der Waals surface area contributed by atoms with Crippen LogP contribution >= 0.6 is 11.3 Å². The Kier molecular flexibility index (Phi) is 7.75. The van der Waals surface area contributed by atoms with Crippen molar-refractivity contribution in [1.82, 2.24) is 0 Å². The van der Waals surface area contributed by atoms with Crippen LogP contribution in [0.25, 0.3) is 21.2 Å². The van der Waals surface area contributed by atoms with E-state index in [1.165, 1.54) is 158 Å². The molecular weight excluding hydrogens is 707 g/mol. The SMILES string of the molecule is CC1(C)c2ccccc2-c2c1ccc1sc3c(c21)N(c1ccccc1)c1cc(C2CCCCC2)cc2c1B3c1ccc(C3CCCCC3)cc1N2c1ccccc1. The minimum atomic E-state index is -0.0659. The molecule has 2 nitrogen and oxygen atoms in total. The second-order valence-electron chi connectivity index (χ2n) is 18.1. The number of rotatable bonds is 4. The Morgan fingerprint density at radius 2 is 1.16 bits per heavy atom. The first kappa shape index (κ1) is 34.0. The van der Waals surface area contributed by atoms with E-state index in [4.69, 9.17) is 0 Å². The summed E-state index contributed by atoms with van der Waals surface area (Å²) in [5.74, 6) is 1.21. The fraction of sp³-hybridized carbons (Fsp3) is 0.283. The molecule has 57 heavy (non-hydrogen) atoms. The zero-order chi connectivity index (χ0) is 37.8. The maximum atomic E-state index is 2.70. The lowest BCUT2D eigenvalue weighted by Crippen LogP contribution is -2.60. The van der Waals surface area contributed by atoms with E-state index in [1.54, 1.807) is 0 Å². The fourth-order valence-corrected chi connectivity index (χ4v) is 13.2. The predicted molar refractivity (Wildman–Crippen MR) is 245 cm³/mol. The van der Waals surface area contributed by atoms with E-state index < -0.39 is 0 Å². The standard InChI is InChI=1S/C53H49BN2S/c1-53(2)41-26-16-15-25-40(41)48-42(53)28-30-47-49(48)51-52(57-47)54-43-29-27-36(34-17-7-3-8-18-34)31-44(43)55(38-21-11-5-12-22-38)45-32-37(35-19-9-4-10-20-35)33-46(50(45)54)56(51)39-23-13-6-14-24-39/h5-6,11-16,21-35H,3-4,7-10,17-20H2,1-2H3. The van der Waals surface area contributed by atoms with Gasteiger partial charge in [-0.15, -0.1) is 11.3 Å². The minimum absolute atomic E-state index is 0.0659. The molecule has 6 aromatic carbocycles. The number of thiophene rings is 1. The molecule has 0 radical (unpaired) electrons. The van der Waals surface area contributed by atoms with Gasteiger partial charge in [0.05, 0.1) is 5.69 Å². The Morgan fingerprint density at radius 3 is 1.86 bits per heavy atom. The Morgan fingerprint density at radius 1 is 0.561 bits per heavy atom. The molecule has 2 saturated carbocycles. The van der Waals surface area contributed by atoms with E-state index in [9.17, 15) is 0 Å². The first-order chi connectivity index (χ1) is 28.1. The van der Waals surface area contributed by atoms with Crippen molar-refractivity contribution in [2.24, 2.45) is 0 Å². The number of nitrogens with zero attached hydrogens (tertiary/aromatic N) is 2. The van der Waals surface area contributed by atoms with E-state index in [0.29, 0.717) is 11.8 Å². The summed E-state index contributed by atoms with van der Waals surface area (Å²) in [6, 6.07) is 49.7. The zero-order valence-electron chi connectivity index (χ0n) is 33.2. The van der Waals surface area contributed by atoms with Crippen LogP contribution in [0.15, 0.2) is 127 Å². The molecular formula is C53H49BN2S. The van der Waals surface area contributed by atoms with Crippen LogP contribution in [0.5, 0.6) is 0 Å². The van der Waals surface area contributed by atoms with Crippen LogP contribution in [0, 0.1) is 0 Å². The number of para-hydroxylation sites is 2. The molecule has 3 aliphatic carbocycles. The maximum absolute atomic E-state index is 2.70. The summed E-state index contributed by atoms with van der Waals surface area (Å²) >= 11 is 2.04. The lowest BCUT2D eigenvalue weighted by atomic mass is 9.36. The molecule has 0 bridgehead atoms. The van der Waals surface area contributed by atoms with Gasteiger partial charge in [0.25, 0.3) is 6.71 Å². The number of benzene rings is 6. The number of hydrogen-bond acceptors (Lipinski definition) is 3. The van der Waals surface area contributed by atoms with Crippen LogP contribution in [0.3, 0.4) is 0 Å². The Hall–Kier alpha value is -5.06. The monoisotopic (exact) mass is 756 g/mol. The van der Waals surface area contributed by atoms with Gasteiger partial charge in [-0.3, -0.25) is 0 Å². The lowest BCUT2D eigenvalue weighted by Gasteiger charge is -2.44. The van der Waals surface area contributed by atoms with Crippen molar-refractivity contribution in [3.8, 4) is 11.1 Å². The minimum Gasteiger partial charge on any atom is -0.311 e. The summed E-state index contributed by atoms with van der Waals surface area (Å²) in [5, 5.41) is 1.43. The average molecular weight is 757 g/mol. The Balaban J connectivity index is 1.21. The largest absolute Gasteiger partial charge is 0.311 e. The van der Waals surface area contributed by atoms with Gasteiger partial charge < -0.3 is 9.80 Å². The number of hydrogen-bond donors (Lipinski definition) is 0. The molecule has 2 fully saturated rings. The van der Waals surface area contributed by atoms with Crippen LogP contribution < -0.4 is 25.5 Å². The summed E-state index contributed by atoms with van der Waals surface area (Å²) in [4.78, 5) is 5.37. The van der Waals surface area contributed by atoms with E-state index in [1.807, 2.05) is 11.3 Å². The van der Waals surface area contributed by atoms with Crippen LogP contribution in [0.2, 0.25) is 0 Å². The molecule has 0 saturated heterocycles. The van der Waals surface area contributed by atoms with Crippen molar-refractivity contribution in [2.45, 2.75) is 95.3 Å². The van der Waals surface area contributed by atoms with Crippen molar-refractivity contribution in [3.05, 3.63) is 150 Å². The topological polar surface area (TPSA) is 6.48 Å². The van der Waals surface area contributed by atoms with Gasteiger partial charge in [0.2, 0.25) is 0 Å². The molecule has 0 N–H and O–H groups in total. The Bertz CT molecular complexity index is 2700. The van der Waals surface area contributed by atoms with Crippen molar-refractivity contribution in [2.75, 3.05) is 9.80 Å². The molecule has 0 unspecified atom stereocenters. The van der Waals surface area contributed by atoms with Gasteiger partial charge in [0.15, 0.2) is 0 Å². The number of fused-ring (bicyclic) bond motifs is 10.